The fourth-order valence-electron chi connectivity index (χ4n) is 4.62. The maximum Gasteiger partial charge on any atom is 0.380 e. The Bertz CT molecular complexity index is 1390. The smallest absolute Gasteiger partial charge is 0.380 e. The molecule has 0 fully saturated rings. The number of halogens is 6. The number of aliphatic hydroxyl groups is 2. The van der Waals surface area contributed by atoms with Crippen molar-refractivity contribution in [2.45, 2.75) is 43.8 Å². The molecular weight excluding hydrogens is 510 g/mol. The number of aliphatic hydroxyl groups excluding tert-OH is 2. The summed E-state index contributed by atoms with van der Waals surface area (Å²) in [6.45, 7) is 2.53. The molecule has 10 heteroatoms. The Morgan fingerprint density at radius 3 is 1.31 bits per heavy atom. The highest BCUT2D eigenvalue weighted by molar-refractivity contribution is 7.20. The van der Waals surface area contributed by atoms with Gasteiger partial charge in [-0.3, -0.25) is 0 Å². The van der Waals surface area contributed by atoms with Crippen molar-refractivity contribution in [2.75, 3.05) is 0 Å². The molecular formula is C25H18F6O2S2. The molecule has 0 radical (unpaired) electrons. The quantitative estimate of drug-likeness (QED) is 0.263. The van der Waals surface area contributed by atoms with Crippen LogP contribution in [0.1, 0.15) is 46.9 Å². The summed E-state index contributed by atoms with van der Waals surface area (Å²) in [6, 6.07) is 12.0. The van der Waals surface area contributed by atoms with E-state index in [1.54, 1.807) is 24.3 Å². The molecule has 2 N–H and O–H groups in total. The Kier molecular flexibility index (Phi) is 5.41. The van der Waals surface area contributed by atoms with Crippen molar-refractivity contribution in [3.05, 3.63) is 69.4 Å². The predicted octanol–water partition coefficient (Wildman–Crippen LogP) is 8.05. The van der Waals surface area contributed by atoms with Gasteiger partial charge >= 0.3 is 17.8 Å². The van der Waals surface area contributed by atoms with E-state index in [2.05, 4.69) is 0 Å². The summed E-state index contributed by atoms with van der Waals surface area (Å²) in [5.41, 5.74) is -4.09. The summed E-state index contributed by atoms with van der Waals surface area (Å²) in [7, 11) is 0. The van der Waals surface area contributed by atoms with Crippen LogP contribution in [0.15, 0.2) is 48.5 Å². The zero-order valence-corrected chi connectivity index (χ0v) is 19.9. The SMILES string of the molecule is C[C@@H](O)c1sc2ccccc2c1C1=C(c2c([C@@H](C)O)sc3ccccc23)C(F)(F)C(F)(F)C1(F)F. The van der Waals surface area contributed by atoms with Crippen molar-refractivity contribution >= 4 is 54.0 Å². The van der Waals surface area contributed by atoms with Crippen molar-refractivity contribution in [1.29, 1.82) is 0 Å². The van der Waals surface area contributed by atoms with E-state index in [9.17, 15) is 19.0 Å². The average Bonchev–Trinajstić information content (AvgIpc) is 3.38. The second-order valence-corrected chi connectivity index (χ2v) is 10.7. The zero-order chi connectivity index (χ0) is 25.5. The van der Waals surface area contributed by atoms with Gasteiger partial charge in [-0.2, -0.15) is 26.3 Å². The van der Waals surface area contributed by atoms with Crippen LogP contribution in [-0.2, 0) is 0 Å². The summed E-state index contributed by atoms with van der Waals surface area (Å²) in [4.78, 5) is -0.241. The zero-order valence-electron chi connectivity index (χ0n) is 18.3. The molecule has 2 heterocycles. The average molecular weight is 529 g/mol. The molecule has 0 saturated heterocycles. The van der Waals surface area contributed by atoms with Crippen LogP contribution >= 0.6 is 22.7 Å². The molecule has 184 valence electrons. The van der Waals surface area contributed by atoms with Crippen LogP contribution in [0.5, 0.6) is 0 Å². The fourth-order valence-corrected chi connectivity index (χ4v) is 6.92. The molecule has 0 saturated carbocycles. The predicted molar refractivity (Wildman–Crippen MR) is 127 cm³/mol. The Hall–Kier alpha value is -2.40. The van der Waals surface area contributed by atoms with Gasteiger partial charge in [0, 0.05) is 52.2 Å². The Morgan fingerprint density at radius 1 is 0.629 bits per heavy atom. The molecule has 5 rings (SSSR count). The van der Waals surface area contributed by atoms with Gasteiger partial charge in [0.2, 0.25) is 0 Å². The number of benzene rings is 2. The molecule has 4 aromatic rings. The molecule has 2 aromatic carbocycles. The van der Waals surface area contributed by atoms with Crippen molar-refractivity contribution < 1.29 is 36.6 Å². The first-order chi connectivity index (χ1) is 16.3. The minimum Gasteiger partial charge on any atom is -0.388 e. The highest BCUT2D eigenvalue weighted by Gasteiger charge is 2.80. The maximum atomic E-state index is 15.6. The maximum absolute atomic E-state index is 15.6. The molecule has 0 aliphatic heterocycles. The van der Waals surface area contributed by atoms with E-state index < -0.39 is 52.2 Å². The van der Waals surface area contributed by atoms with Gasteiger partial charge in [0.05, 0.1) is 12.2 Å². The minimum atomic E-state index is -5.75. The number of hydrogen-bond acceptors (Lipinski definition) is 4. The van der Waals surface area contributed by atoms with Gasteiger partial charge in [0.25, 0.3) is 0 Å². The largest absolute Gasteiger partial charge is 0.388 e. The van der Waals surface area contributed by atoms with Crippen LogP contribution in [0.4, 0.5) is 26.3 Å². The number of alkyl halides is 6. The third kappa shape index (κ3) is 3.16. The van der Waals surface area contributed by atoms with Crippen LogP contribution < -0.4 is 0 Å². The van der Waals surface area contributed by atoms with Gasteiger partial charge in [0.15, 0.2) is 0 Å². The molecule has 1 aliphatic carbocycles. The van der Waals surface area contributed by atoms with Gasteiger partial charge in [0.1, 0.15) is 0 Å². The summed E-state index contributed by atoms with van der Waals surface area (Å²) in [6.07, 6.45) is -2.77. The molecule has 0 bridgehead atoms. The highest BCUT2D eigenvalue weighted by Crippen LogP contribution is 2.67. The van der Waals surface area contributed by atoms with Gasteiger partial charge in [-0.1, -0.05) is 36.4 Å². The lowest BCUT2D eigenvalue weighted by molar-refractivity contribution is -0.254. The molecule has 0 amide bonds. The molecule has 0 spiro atoms. The summed E-state index contributed by atoms with van der Waals surface area (Å²) < 4.78 is 93.0. The van der Waals surface area contributed by atoms with Gasteiger partial charge in [-0.15, -0.1) is 22.7 Å². The van der Waals surface area contributed by atoms with Crippen LogP contribution in [0.25, 0.3) is 31.3 Å². The van der Waals surface area contributed by atoms with Crippen LogP contribution in [-0.4, -0.2) is 28.0 Å². The first-order valence-corrected chi connectivity index (χ1v) is 12.2. The molecule has 2 atom stereocenters. The normalized spacial score (nSPS) is 20.6. The molecule has 0 unspecified atom stereocenters. The second kappa shape index (κ2) is 7.80. The van der Waals surface area contributed by atoms with Crippen molar-refractivity contribution in [3.63, 3.8) is 0 Å². The standard InChI is InChI=1S/C25H18F6O2S2/c1-11(32)21-17(13-7-3-5-9-15(13)34-21)19-20(24(28,29)25(30,31)23(19,26)27)18-14-8-4-6-10-16(14)35-22(18)12(2)33/h3-12,32-33H,1-2H3/t11-,12-/m1/s1. The monoisotopic (exact) mass is 528 g/mol. The van der Waals surface area contributed by atoms with Gasteiger partial charge in [-0.25, -0.2) is 0 Å². The Labute approximate surface area is 203 Å². The fraction of sp³-hybridized carbons (Fsp3) is 0.280. The van der Waals surface area contributed by atoms with E-state index in [1.807, 2.05) is 0 Å². The minimum absolute atomic E-state index is 0.0622. The molecule has 1 aliphatic rings. The summed E-state index contributed by atoms with van der Waals surface area (Å²) in [5, 5.41) is 20.8. The van der Waals surface area contributed by atoms with E-state index in [4.69, 9.17) is 0 Å². The van der Waals surface area contributed by atoms with Crippen molar-refractivity contribution in [3.8, 4) is 0 Å². The molecule has 2 aromatic heterocycles. The van der Waals surface area contributed by atoms with E-state index in [0.717, 1.165) is 22.7 Å². The number of allylic oxidation sites excluding steroid dienone is 2. The lowest BCUT2D eigenvalue weighted by Gasteiger charge is -2.26. The second-order valence-electron chi connectivity index (χ2n) is 8.50. The number of thiophene rings is 2. The van der Waals surface area contributed by atoms with Gasteiger partial charge in [-0.05, 0) is 26.0 Å². The van der Waals surface area contributed by atoms with Gasteiger partial charge < -0.3 is 10.2 Å². The Balaban J connectivity index is 2.04. The molecule has 2 nitrogen and oxygen atoms in total. The van der Waals surface area contributed by atoms with E-state index in [0.29, 0.717) is 9.40 Å². The Morgan fingerprint density at radius 2 is 0.971 bits per heavy atom. The van der Waals surface area contributed by atoms with Crippen molar-refractivity contribution in [1.82, 2.24) is 0 Å². The third-order valence-electron chi connectivity index (χ3n) is 6.17. The highest BCUT2D eigenvalue weighted by atomic mass is 32.1. The molecule has 35 heavy (non-hydrogen) atoms. The van der Waals surface area contributed by atoms with Crippen LogP contribution in [0, 0.1) is 0 Å². The lowest BCUT2D eigenvalue weighted by atomic mass is 9.90. The number of fused-ring (bicyclic) bond motifs is 2. The topological polar surface area (TPSA) is 40.5 Å². The van der Waals surface area contributed by atoms with E-state index >= 15 is 17.6 Å². The first kappa shape index (κ1) is 24.3. The summed E-state index contributed by atoms with van der Waals surface area (Å²) in [5.74, 6) is -16.3. The third-order valence-corrected chi connectivity index (χ3v) is 8.85. The van der Waals surface area contributed by atoms with Crippen LogP contribution in [0.2, 0.25) is 0 Å². The van der Waals surface area contributed by atoms with E-state index in [-0.39, 0.29) is 20.5 Å². The first-order valence-electron chi connectivity index (χ1n) is 10.6. The van der Waals surface area contributed by atoms with Crippen molar-refractivity contribution in [2.24, 2.45) is 0 Å². The summed E-state index contributed by atoms with van der Waals surface area (Å²) >= 11 is 1.76. The van der Waals surface area contributed by atoms with Crippen LogP contribution in [0.3, 0.4) is 0 Å². The number of rotatable bonds is 4. The van der Waals surface area contributed by atoms with E-state index in [1.165, 1.54) is 38.1 Å². The lowest BCUT2D eigenvalue weighted by Crippen LogP contribution is -2.49. The number of hydrogen-bond donors (Lipinski definition) is 2.